The maximum absolute atomic E-state index is 12.6. The standard InChI is InChI=1S/C13H11F5N2OS/c1-10(21)20(11-5-3-2-4-6-11)12-7-8-13(19-9-12)22(14,15,16,17)18/h2-9H,1H3. The number of aromatic nitrogens is 1. The first-order chi connectivity index (χ1) is 9.88. The molecule has 22 heavy (non-hydrogen) atoms. The Morgan fingerprint density at radius 3 is 1.95 bits per heavy atom. The second-order valence-electron chi connectivity index (χ2n) is 4.51. The molecule has 2 rings (SSSR count). The van der Waals surface area contributed by atoms with E-state index in [4.69, 9.17) is 0 Å². The maximum Gasteiger partial charge on any atom is 0.325 e. The molecular weight excluding hydrogens is 327 g/mol. The summed E-state index contributed by atoms with van der Waals surface area (Å²) >= 11 is 0. The average molecular weight is 338 g/mol. The Kier molecular flexibility index (Phi) is 3.26. The van der Waals surface area contributed by atoms with Gasteiger partial charge in [-0.2, -0.15) is 0 Å². The highest BCUT2D eigenvalue weighted by atomic mass is 32.5. The molecule has 0 aliphatic heterocycles. The molecule has 0 spiro atoms. The summed E-state index contributed by atoms with van der Waals surface area (Å²) in [6.45, 7) is 1.20. The van der Waals surface area contributed by atoms with Crippen molar-refractivity contribution in [2.75, 3.05) is 4.90 Å². The van der Waals surface area contributed by atoms with Crippen LogP contribution in [0.4, 0.5) is 30.8 Å². The second kappa shape index (κ2) is 4.42. The molecule has 1 amide bonds. The van der Waals surface area contributed by atoms with Gasteiger partial charge in [-0.05, 0) is 24.3 Å². The van der Waals surface area contributed by atoms with Crippen LogP contribution < -0.4 is 4.90 Å². The predicted molar refractivity (Wildman–Crippen MR) is 74.9 cm³/mol. The molecule has 9 heteroatoms. The van der Waals surface area contributed by atoms with Crippen LogP contribution in [0.25, 0.3) is 0 Å². The van der Waals surface area contributed by atoms with Gasteiger partial charge in [0.15, 0.2) is 5.03 Å². The van der Waals surface area contributed by atoms with E-state index in [1.807, 2.05) is 0 Å². The third kappa shape index (κ3) is 3.53. The van der Waals surface area contributed by atoms with E-state index in [0.29, 0.717) is 11.9 Å². The van der Waals surface area contributed by atoms with Crippen molar-refractivity contribution < 1.29 is 24.2 Å². The Bertz CT molecular complexity index is 701. The van der Waals surface area contributed by atoms with E-state index in [1.165, 1.54) is 6.92 Å². The lowest BCUT2D eigenvalue weighted by molar-refractivity contribution is -0.115. The molecule has 0 N–H and O–H groups in total. The number of rotatable bonds is 3. The van der Waals surface area contributed by atoms with Gasteiger partial charge in [0.2, 0.25) is 5.91 Å². The van der Waals surface area contributed by atoms with Gasteiger partial charge in [-0.15, -0.1) is 0 Å². The Labute approximate surface area is 123 Å². The van der Waals surface area contributed by atoms with Crippen LogP contribution in [-0.2, 0) is 4.79 Å². The molecule has 2 aromatic rings. The van der Waals surface area contributed by atoms with Gasteiger partial charge in [-0.3, -0.25) is 9.69 Å². The van der Waals surface area contributed by atoms with E-state index >= 15 is 0 Å². The minimum absolute atomic E-state index is 0.0377. The fourth-order valence-corrected chi connectivity index (χ4v) is 2.40. The summed E-state index contributed by atoms with van der Waals surface area (Å²) in [4.78, 5) is 15.6. The normalized spacial score (nSPS) is 14.8. The monoisotopic (exact) mass is 338 g/mol. The lowest BCUT2D eigenvalue weighted by Gasteiger charge is -2.39. The van der Waals surface area contributed by atoms with Crippen molar-refractivity contribution in [3.8, 4) is 0 Å². The van der Waals surface area contributed by atoms with Crippen molar-refractivity contribution in [3.63, 3.8) is 0 Å². The third-order valence-corrected chi connectivity index (χ3v) is 3.74. The van der Waals surface area contributed by atoms with Crippen LogP contribution in [-0.4, -0.2) is 10.9 Å². The summed E-state index contributed by atoms with van der Waals surface area (Å²) in [5.41, 5.74) is 0.348. The smallest absolute Gasteiger partial charge is 0.280 e. The summed E-state index contributed by atoms with van der Waals surface area (Å²) < 4.78 is 63.1. The molecule has 0 aliphatic rings. The summed E-state index contributed by atoms with van der Waals surface area (Å²) in [5.74, 6) is -0.493. The van der Waals surface area contributed by atoms with E-state index in [-0.39, 0.29) is 11.8 Å². The molecule has 1 heterocycles. The van der Waals surface area contributed by atoms with Gasteiger partial charge in [0.05, 0.1) is 11.9 Å². The number of carbonyl (C=O) groups is 1. The zero-order valence-electron chi connectivity index (χ0n) is 11.2. The molecule has 0 radical (unpaired) electrons. The fraction of sp³-hybridized carbons (Fsp3) is 0.0769. The molecule has 0 fully saturated rings. The lowest BCUT2D eigenvalue weighted by Crippen LogP contribution is -2.23. The molecule has 1 aromatic heterocycles. The first-order valence-corrected chi connectivity index (χ1v) is 7.89. The van der Waals surface area contributed by atoms with Gasteiger partial charge in [-0.1, -0.05) is 37.6 Å². The quantitative estimate of drug-likeness (QED) is 0.700. The van der Waals surface area contributed by atoms with Gasteiger partial charge in [-0.25, -0.2) is 4.98 Å². The minimum Gasteiger partial charge on any atom is -0.280 e. The van der Waals surface area contributed by atoms with Crippen LogP contribution in [0.2, 0.25) is 0 Å². The number of pyridine rings is 1. The summed E-state index contributed by atoms with van der Waals surface area (Å²) in [6, 6.07) is 9.02. The van der Waals surface area contributed by atoms with Gasteiger partial charge < -0.3 is 0 Å². The number of halogens is 5. The average Bonchev–Trinajstić information content (AvgIpc) is 2.38. The highest BCUT2D eigenvalue weighted by Crippen LogP contribution is 3.01. The molecule has 3 nitrogen and oxygen atoms in total. The van der Waals surface area contributed by atoms with Crippen molar-refractivity contribution in [3.05, 3.63) is 48.7 Å². The van der Waals surface area contributed by atoms with Gasteiger partial charge >= 0.3 is 10.2 Å². The van der Waals surface area contributed by atoms with E-state index < -0.39 is 21.2 Å². The number of amides is 1. The molecule has 0 atom stereocenters. The Morgan fingerprint density at radius 1 is 0.955 bits per heavy atom. The number of carbonyl (C=O) groups excluding carboxylic acids is 1. The molecule has 0 saturated carbocycles. The molecular formula is C13H11F5N2OS. The summed E-state index contributed by atoms with van der Waals surface area (Å²) in [5, 5.41) is -2.24. The number of hydrogen-bond acceptors (Lipinski definition) is 2. The third-order valence-electron chi connectivity index (χ3n) is 2.70. The molecule has 0 bridgehead atoms. The number of hydrogen-bond donors (Lipinski definition) is 0. The predicted octanol–water partition coefficient (Wildman–Crippen LogP) is 5.42. The van der Waals surface area contributed by atoms with E-state index in [0.717, 1.165) is 11.0 Å². The number of anilines is 2. The Morgan fingerprint density at radius 2 is 1.55 bits per heavy atom. The molecule has 0 saturated heterocycles. The van der Waals surface area contributed by atoms with Crippen molar-refractivity contribution >= 4 is 27.5 Å². The van der Waals surface area contributed by atoms with Crippen LogP contribution in [0.15, 0.2) is 53.7 Å². The molecule has 0 aliphatic carbocycles. The van der Waals surface area contributed by atoms with Crippen molar-refractivity contribution in [1.82, 2.24) is 4.98 Å². The first kappa shape index (κ1) is 16.2. The molecule has 0 unspecified atom stereocenters. The van der Waals surface area contributed by atoms with Crippen LogP contribution in [0, 0.1) is 0 Å². The number of para-hydroxylation sites is 1. The maximum atomic E-state index is 12.6. The topological polar surface area (TPSA) is 33.2 Å². The van der Waals surface area contributed by atoms with Crippen molar-refractivity contribution in [2.24, 2.45) is 0 Å². The Hall–Kier alpha value is -2.16. The minimum atomic E-state index is -9.82. The lowest BCUT2D eigenvalue weighted by atomic mass is 10.2. The van der Waals surface area contributed by atoms with E-state index in [1.54, 1.807) is 30.3 Å². The van der Waals surface area contributed by atoms with Gasteiger partial charge in [0.1, 0.15) is 0 Å². The molecule has 1 aromatic carbocycles. The van der Waals surface area contributed by atoms with E-state index in [9.17, 15) is 24.2 Å². The Balaban J connectivity index is 2.47. The molecule has 120 valence electrons. The zero-order valence-corrected chi connectivity index (χ0v) is 12.0. The van der Waals surface area contributed by atoms with E-state index in [2.05, 4.69) is 4.98 Å². The number of nitrogens with zero attached hydrogens (tertiary/aromatic N) is 2. The summed E-state index contributed by atoms with van der Waals surface area (Å²) in [6.07, 6.45) is 0.599. The first-order valence-electron chi connectivity index (χ1n) is 5.94. The SMILES string of the molecule is CC(=O)N(c1ccccc1)c1ccc(S(F)(F)(F)(F)F)nc1. The largest absolute Gasteiger partial charge is 0.325 e. The van der Waals surface area contributed by atoms with Crippen molar-refractivity contribution in [2.45, 2.75) is 11.9 Å². The zero-order chi connectivity index (χ0) is 16.7. The second-order valence-corrected chi connectivity index (χ2v) is 6.87. The highest BCUT2D eigenvalue weighted by molar-refractivity contribution is 8.45. The van der Waals surface area contributed by atoms with Crippen LogP contribution in [0.1, 0.15) is 6.92 Å². The van der Waals surface area contributed by atoms with Crippen LogP contribution >= 0.6 is 10.2 Å². The van der Waals surface area contributed by atoms with Crippen LogP contribution in [0.5, 0.6) is 0 Å². The fourth-order valence-electron chi connectivity index (χ4n) is 1.82. The van der Waals surface area contributed by atoms with Gasteiger partial charge in [0.25, 0.3) is 0 Å². The van der Waals surface area contributed by atoms with Crippen LogP contribution in [0.3, 0.4) is 0 Å². The highest BCUT2D eigenvalue weighted by Gasteiger charge is 2.67. The van der Waals surface area contributed by atoms with Gasteiger partial charge in [0, 0.05) is 12.6 Å². The van der Waals surface area contributed by atoms with Crippen molar-refractivity contribution in [1.29, 1.82) is 0 Å². The summed E-state index contributed by atoms with van der Waals surface area (Å²) in [7, 11) is -9.82. The number of benzene rings is 1.